The predicted molar refractivity (Wildman–Crippen MR) is 141 cm³/mol. The van der Waals surface area contributed by atoms with Crippen molar-refractivity contribution in [3.05, 3.63) is 18.0 Å². The molecule has 1 aliphatic heterocycles. The number of hydrogen-bond donors (Lipinski definition) is 0. The van der Waals surface area contributed by atoms with Crippen LogP contribution in [-0.2, 0) is 4.79 Å². The zero-order valence-electron chi connectivity index (χ0n) is 22.8. The number of aromatic nitrogens is 2. The Morgan fingerprint density at radius 2 is 1.71 bits per heavy atom. The molecule has 1 saturated carbocycles. The molecule has 2 fully saturated rings. The summed E-state index contributed by atoms with van der Waals surface area (Å²) >= 11 is 0. The molecule has 192 valence electrons. The highest BCUT2D eigenvalue weighted by atomic mass is 16.1. The van der Waals surface area contributed by atoms with E-state index >= 15 is 0 Å². The van der Waals surface area contributed by atoms with Gasteiger partial charge in [0.15, 0.2) is 0 Å². The van der Waals surface area contributed by atoms with Gasteiger partial charge in [-0.15, -0.1) is 0 Å². The van der Waals surface area contributed by atoms with Gasteiger partial charge in [0.1, 0.15) is 5.78 Å². The summed E-state index contributed by atoms with van der Waals surface area (Å²) in [6.45, 7) is 14.1. The third-order valence-electron chi connectivity index (χ3n) is 8.39. The number of nitrogens with zero attached hydrogens (tertiary/aromatic N) is 5. The van der Waals surface area contributed by atoms with E-state index < -0.39 is 0 Å². The van der Waals surface area contributed by atoms with Crippen molar-refractivity contribution >= 4 is 11.7 Å². The van der Waals surface area contributed by atoms with Crippen molar-refractivity contribution in [2.24, 2.45) is 11.8 Å². The lowest BCUT2D eigenvalue weighted by atomic mass is 9.74. The summed E-state index contributed by atoms with van der Waals surface area (Å²) in [5.74, 6) is 2.64. The SMILES string of the molecule is CCCC(CN(C)C(C)C)N(C)c1ncc(C2CCN(C3CC(CC(=O)C(C)C)C3)CC2)cn1. The van der Waals surface area contributed by atoms with Crippen molar-refractivity contribution in [3.8, 4) is 0 Å². The van der Waals surface area contributed by atoms with Crippen LogP contribution in [0.1, 0.15) is 91.0 Å². The summed E-state index contributed by atoms with van der Waals surface area (Å²) in [5, 5.41) is 0. The van der Waals surface area contributed by atoms with Gasteiger partial charge in [0.2, 0.25) is 5.95 Å². The van der Waals surface area contributed by atoms with E-state index in [2.05, 4.69) is 62.0 Å². The van der Waals surface area contributed by atoms with Gasteiger partial charge in [-0.3, -0.25) is 4.79 Å². The van der Waals surface area contributed by atoms with Crippen LogP contribution in [0.2, 0.25) is 0 Å². The summed E-state index contributed by atoms with van der Waals surface area (Å²) in [5.41, 5.74) is 1.29. The minimum atomic E-state index is 0.182. The third kappa shape index (κ3) is 7.00. The molecule has 0 amide bonds. The van der Waals surface area contributed by atoms with Crippen molar-refractivity contribution in [2.75, 3.05) is 38.6 Å². The summed E-state index contributed by atoms with van der Waals surface area (Å²) in [4.78, 5) is 28.9. The van der Waals surface area contributed by atoms with Crippen LogP contribution < -0.4 is 4.90 Å². The van der Waals surface area contributed by atoms with Crippen LogP contribution in [0.25, 0.3) is 0 Å². The molecular weight excluding hydrogens is 422 g/mol. The van der Waals surface area contributed by atoms with Crippen LogP contribution in [0, 0.1) is 11.8 Å². The number of ketones is 1. The Labute approximate surface area is 208 Å². The maximum atomic E-state index is 12.0. The Bertz CT molecular complexity index is 751. The number of likely N-dealkylation sites (tertiary alicyclic amines) is 1. The van der Waals surface area contributed by atoms with Gasteiger partial charge in [-0.1, -0.05) is 27.2 Å². The van der Waals surface area contributed by atoms with Crippen molar-refractivity contribution in [2.45, 2.75) is 104 Å². The first-order valence-electron chi connectivity index (χ1n) is 13.7. The minimum Gasteiger partial charge on any atom is -0.340 e. The molecule has 6 nitrogen and oxygen atoms in total. The zero-order valence-corrected chi connectivity index (χ0v) is 22.8. The van der Waals surface area contributed by atoms with Gasteiger partial charge in [-0.25, -0.2) is 9.97 Å². The molecule has 0 N–H and O–H groups in total. The molecule has 0 radical (unpaired) electrons. The van der Waals surface area contributed by atoms with E-state index in [0.717, 1.165) is 44.8 Å². The monoisotopic (exact) mass is 471 g/mol. The molecule has 1 unspecified atom stereocenters. The summed E-state index contributed by atoms with van der Waals surface area (Å²) in [6.07, 6.45) is 12.0. The van der Waals surface area contributed by atoms with Gasteiger partial charge in [0.05, 0.1) is 0 Å². The Morgan fingerprint density at radius 3 is 2.24 bits per heavy atom. The van der Waals surface area contributed by atoms with Crippen LogP contribution in [0.5, 0.6) is 0 Å². The quantitative estimate of drug-likeness (QED) is 0.428. The van der Waals surface area contributed by atoms with E-state index in [1.807, 2.05) is 13.8 Å². The standard InChI is InChI=1S/C28H49N5O/c1-8-9-25(19-31(6)21(4)5)32(7)28-29-17-24(18-30-28)23-10-12-33(13-11-23)26-14-22(15-26)16-27(34)20(2)3/h17-18,20-23,25-26H,8-16,19H2,1-7H3. The van der Waals surface area contributed by atoms with E-state index in [4.69, 9.17) is 9.97 Å². The Kier molecular flexibility index (Phi) is 9.90. The zero-order chi connectivity index (χ0) is 24.8. The number of hydrogen-bond acceptors (Lipinski definition) is 6. The van der Waals surface area contributed by atoms with Gasteiger partial charge in [-0.05, 0) is 83.5 Å². The summed E-state index contributed by atoms with van der Waals surface area (Å²) in [7, 11) is 4.34. The second kappa shape index (κ2) is 12.4. The van der Waals surface area contributed by atoms with Gasteiger partial charge in [0.25, 0.3) is 0 Å². The predicted octanol–water partition coefficient (Wildman–Crippen LogP) is 4.99. The topological polar surface area (TPSA) is 52.6 Å². The fourth-order valence-corrected chi connectivity index (χ4v) is 5.45. The molecule has 1 saturated heterocycles. The van der Waals surface area contributed by atoms with Crippen molar-refractivity contribution < 1.29 is 4.79 Å². The van der Waals surface area contributed by atoms with E-state index in [9.17, 15) is 4.79 Å². The molecule has 34 heavy (non-hydrogen) atoms. The molecule has 1 aromatic rings. The highest BCUT2D eigenvalue weighted by Gasteiger charge is 2.36. The Hall–Kier alpha value is -1.53. The summed E-state index contributed by atoms with van der Waals surface area (Å²) < 4.78 is 0. The molecule has 6 heteroatoms. The first-order valence-corrected chi connectivity index (χ1v) is 13.7. The highest BCUT2D eigenvalue weighted by molar-refractivity contribution is 5.80. The number of likely N-dealkylation sites (N-methyl/N-ethyl adjacent to an activating group) is 2. The van der Waals surface area contributed by atoms with Gasteiger partial charge in [-0.2, -0.15) is 0 Å². The molecule has 0 aromatic carbocycles. The van der Waals surface area contributed by atoms with Crippen LogP contribution in [-0.4, -0.2) is 77.4 Å². The second-order valence-electron chi connectivity index (χ2n) is 11.5. The normalized spacial score (nSPS) is 22.9. The molecule has 0 spiro atoms. The van der Waals surface area contributed by atoms with Crippen molar-refractivity contribution in [1.82, 2.24) is 19.8 Å². The lowest BCUT2D eigenvalue weighted by Gasteiger charge is -2.46. The van der Waals surface area contributed by atoms with E-state index in [-0.39, 0.29) is 5.92 Å². The molecule has 1 atom stereocenters. The maximum Gasteiger partial charge on any atom is 0.225 e. The smallest absolute Gasteiger partial charge is 0.225 e. The average Bonchev–Trinajstić information content (AvgIpc) is 2.80. The largest absolute Gasteiger partial charge is 0.340 e. The number of Topliss-reactive ketones (excluding diaryl/α,β-unsaturated/α-hetero) is 1. The molecular formula is C28H49N5O. The molecule has 2 heterocycles. The molecule has 2 aliphatic rings. The number of piperidine rings is 1. The highest BCUT2D eigenvalue weighted by Crippen LogP contribution is 2.38. The second-order valence-corrected chi connectivity index (χ2v) is 11.5. The minimum absolute atomic E-state index is 0.182. The van der Waals surface area contributed by atoms with E-state index in [1.54, 1.807) is 0 Å². The molecule has 0 bridgehead atoms. The number of carbonyl (C=O) groups excluding carboxylic acids is 1. The average molecular weight is 472 g/mol. The number of anilines is 1. The number of carbonyl (C=O) groups is 1. The van der Waals surface area contributed by atoms with Crippen LogP contribution in [0.3, 0.4) is 0 Å². The van der Waals surface area contributed by atoms with Gasteiger partial charge < -0.3 is 14.7 Å². The van der Waals surface area contributed by atoms with Crippen LogP contribution in [0.4, 0.5) is 5.95 Å². The lowest BCUT2D eigenvalue weighted by molar-refractivity contribution is -0.124. The molecule has 1 aliphatic carbocycles. The maximum absolute atomic E-state index is 12.0. The van der Waals surface area contributed by atoms with Crippen molar-refractivity contribution in [1.29, 1.82) is 0 Å². The Balaban J connectivity index is 1.48. The number of rotatable bonds is 12. The fourth-order valence-electron chi connectivity index (χ4n) is 5.45. The van der Waals surface area contributed by atoms with E-state index in [0.29, 0.717) is 35.7 Å². The van der Waals surface area contributed by atoms with Crippen LogP contribution >= 0.6 is 0 Å². The van der Waals surface area contributed by atoms with Crippen molar-refractivity contribution in [3.63, 3.8) is 0 Å². The van der Waals surface area contributed by atoms with Gasteiger partial charge in [0, 0.05) is 56.5 Å². The van der Waals surface area contributed by atoms with Gasteiger partial charge >= 0.3 is 0 Å². The third-order valence-corrected chi connectivity index (χ3v) is 8.39. The first kappa shape index (κ1) is 27.1. The molecule has 1 aromatic heterocycles. The van der Waals surface area contributed by atoms with Crippen LogP contribution in [0.15, 0.2) is 12.4 Å². The molecule has 3 rings (SSSR count). The Morgan fingerprint density at radius 1 is 1.09 bits per heavy atom. The fraction of sp³-hybridized carbons (Fsp3) is 0.821. The van der Waals surface area contributed by atoms with E-state index in [1.165, 1.54) is 31.2 Å². The lowest BCUT2D eigenvalue weighted by Crippen LogP contribution is -2.48. The summed E-state index contributed by atoms with van der Waals surface area (Å²) in [6, 6.07) is 1.65. The first-order chi connectivity index (χ1) is 16.2.